The standard InChI is InChI=1S/C9H14O2/c1-3-5-9(6-7-9)8(10)11-4-2/h4H,2-3,5-7H2,1H3. The number of esters is 1. The first kappa shape index (κ1) is 8.31. The van der Waals surface area contributed by atoms with E-state index in [4.69, 9.17) is 4.74 Å². The Morgan fingerprint density at radius 3 is 2.73 bits per heavy atom. The van der Waals surface area contributed by atoms with E-state index in [1.807, 2.05) is 0 Å². The topological polar surface area (TPSA) is 26.3 Å². The molecular formula is C9H14O2. The summed E-state index contributed by atoms with van der Waals surface area (Å²) < 4.78 is 4.75. The monoisotopic (exact) mass is 154 g/mol. The van der Waals surface area contributed by atoms with E-state index in [1.54, 1.807) is 0 Å². The molecule has 1 fully saturated rings. The Morgan fingerprint density at radius 1 is 1.73 bits per heavy atom. The van der Waals surface area contributed by atoms with E-state index in [0.717, 1.165) is 25.7 Å². The quantitative estimate of drug-likeness (QED) is 0.458. The molecule has 2 nitrogen and oxygen atoms in total. The van der Waals surface area contributed by atoms with Gasteiger partial charge in [0.1, 0.15) is 0 Å². The molecule has 2 heteroatoms. The minimum absolute atomic E-state index is 0.0886. The van der Waals surface area contributed by atoms with Crippen molar-refractivity contribution >= 4 is 5.97 Å². The van der Waals surface area contributed by atoms with Crippen molar-refractivity contribution in [2.24, 2.45) is 5.41 Å². The number of ether oxygens (including phenoxy) is 1. The summed E-state index contributed by atoms with van der Waals surface area (Å²) in [6.45, 7) is 5.44. The van der Waals surface area contributed by atoms with Crippen molar-refractivity contribution in [3.63, 3.8) is 0 Å². The number of hydrogen-bond acceptors (Lipinski definition) is 2. The van der Waals surface area contributed by atoms with Crippen LogP contribution in [0.5, 0.6) is 0 Å². The van der Waals surface area contributed by atoms with Gasteiger partial charge in [-0.3, -0.25) is 4.79 Å². The van der Waals surface area contributed by atoms with Gasteiger partial charge in [0.05, 0.1) is 11.7 Å². The van der Waals surface area contributed by atoms with Crippen LogP contribution in [0.2, 0.25) is 0 Å². The Morgan fingerprint density at radius 2 is 2.36 bits per heavy atom. The zero-order valence-corrected chi connectivity index (χ0v) is 6.93. The lowest BCUT2D eigenvalue weighted by Crippen LogP contribution is -2.16. The fourth-order valence-corrected chi connectivity index (χ4v) is 1.39. The Hall–Kier alpha value is -0.790. The van der Waals surface area contributed by atoms with Gasteiger partial charge in [-0.25, -0.2) is 0 Å². The first-order chi connectivity index (χ1) is 5.25. The van der Waals surface area contributed by atoms with Crippen molar-refractivity contribution in [1.29, 1.82) is 0 Å². The Labute approximate surface area is 67.2 Å². The van der Waals surface area contributed by atoms with Crippen LogP contribution in [-0.4, -0.2) is 5.97 Å². The van der Waals surface area contributed by atoms with Gasteiger partial charge in [-0.05, 0) is 19.3 Å². The second-order valence-electron chi connectivity index (χ2n) is 3.10. The highest BCUT2D eigenvalue weighted by atomic mass is 16.5. The Balaban J connectivity index is 2.44. The number of rotatable bonds is 4. The van der Waals surface area contributed by atoms with Crippen molar-refractivity contribution < 1.29 is 9.53 Å². The van der Waals surface area contributed by atoms with E-state index in [-0.39, 0.29) is 11.4 Å². The Bertz CT molecular complexity index is 168. The van der Waals surface area contributed by atoms with Gasteiger partial charge >= 0.3 is 5.97 Å². The van der Waals surface area contributed by atoms with E-state index in [1.165, 1.54) is 6.26 Å². The van der Waals surface area contributed by atoms with Crippen LogP contribution in [0, 0.1) is 5.41 Å². The van der Waals surface area contributed by atoms with Crippen LogP contribution in [0.3, 0.4) is 0 Å². The maximum atomic E-state index is 11.2. The van der Waals surface area contributed by atoms with Crippen LogP contribution in [0.15, 0.2) is 12.8 Å². The SMILES string of the molecule is C=COC(=O)C1(CCC)CC1. The third-order valence-electron chi connectivity index (χ3n) is 2.21. The summed E-state index contributed by atoms with van der Waals surface area (Å²) in [6, 6.07) is 0. The molecule has 0 heterocycles. The largest absolute Gasteiger partial charge is 0.435 e. The molecule has 0 aromatic heterocycles. The summed E-state index contributed by atoms with van der Waals surface area (Å²) >= 11 is 0. The lowest BCUT2D eigenvalue weighted by atomic mass is 10.0. The van der Waals surface area contributed by atoms with Crippen molar-refractivity contribution in [3.8, 4) is 0 Å². The fourth-order valence-electron chi connectivity index (χ4n) is 1.39. The molecule has 1 aliphatic carbocycles. The molecule has 0 saturated heterocycles. The molecule has 0 atom stereocenters. The summed E-state index contributed by atoms with van der Waals surface area (Å²) in [5.74, 6) is -0.0886. The lowest BCUT2D eigenvalue weighted by Gasteiger charge is -2.09. The molecule has 0 spiro atoms. The smallest absolute Gasteiger partial charge is 0.316 e. The van der Waals surface area contributed by atoms with Gasteiger partial charge in [-0.2, -0.15) is 0 Å². The van der Waals surface area contributed by atoms with E-state index in [2.05, 4.69) is 13.5 Å². The number of carbonyl (C=O) groups is 1. The van der Waals surface area contributed by atoms with Crippen molar-refractivity contribution in [1.82, 2.24) is 0 Å². The van der Waals surface area contributed by atoms with Gasteiger partial charge in [0.2, 0.25) is 0 Å². The van der Waals surface area contributed by atoms with Crippen molar-refractivity contribution in [2.45, 2.75) is 32.6 Å². The fraction of sp³-hybridized carbons (Fsp3) is 0.667. The van der Waals surface area contributed by atoms with Crippen LogP contribution in [0.1, 0.15) is 32.6 Å². The third kappa shape index (κ3) is 1.62. The molecule has 1 aliphatic rings. The van der Waals surface area contributed by atoms with E-state index in [0.29, 0.717) is 0 Å². The molecule has 62 valence electrons. The molecule has 0 aromatic carbocycles. The van der Waals surface area contributed by atoms with Crippen LogP contribution in [0.4, 0.5) is 0 Å². The molecule has 1 saturated carbocycles. The molecule has 0 aliphatic heterocycles. The molecule has 0 unspecified atom stereocenters. The zero-order chi connectivity index (χ0) is 8.32. The molecule has 0 radical (unpaired) electrons. The molecule has 11 heavy (non-hydrogen) atoms. The Kier molecular flexibility index (Phi) is 2.32. The molecule has 0 amide bonds. The van der Waals surface area contributed by atoms with Crippen LogP contribution >= 0.6 is 0 Å². The van der Waals surface area contributed by atoms with E-state index < -0.39 is 0 Å². The van der Waals surface area contributed by atoms with Gasteiger partial charge < -0.3 is 4.74 Å². The van der Waals surface area contributed by atoms with Crippen LogP contribution in [0.25, 0.3) is 0 Å². The predicted octanol–water partition coefficient (Wildman–Crippen LogP) is 2.25. The second kappa shape index (κ2) is 3.07. The first-order valence-corrected chi connectivity index (χ1v) is 4.07. The molecular weight excluding hydrogens is 140 g/mol. The summed E-state index contributed by atoms with van der Waals surface area (Å²) in [7, 11) is 0. The maximum Gasteiger partial charge on any atom is 0.316 e. The zero-order valence-electron chi connectivity index (χ0n) is 6.93. The molecule has 1 rings (SSSR count). The highest BCUT2D eigenvalue weighted by Crippen LogP contribution is 2.50. The summed E-state index contributed by atoms with van der Waals surface area (Å²) in [6.07, 6.45) is 5.21. The van der Waals surface area contributed by atoms with Gasteiger partial charge in [0.15, 0.2) is 0 Å². The summed E-state index contributed by atoms with van der Waals surface area (Å²) in [5, 5.41) is 0. The van der Waals surface area contributed by atoms with Gasteiger partial charge in [-0.15, -0.1) is 0 Å². The van der Waals surface area contributed by atoms with E-state index >= 15 is 0 Å². The van der Waals surface area contributed by atoms with Crippen molar-refractivity contribution in [3.05, 3.63) is 12.8 Å². The normalized spacial score (nSPS) is 19.0. The lowest BCUT2D eigenvalue weighted by molar-refractivity contribution is -0.144. The average molecular weight is 154 g/mol. The third-order valence-corrected chi connectivity index (χ3v) is 2.21. The predicted molar refractivity (Wildman–Crippen MR) is 42.9 cm³/mol. The highest BCUT2D eigenvalue weighted by Gasteiger charge is 2.50. The van der Waals surface area contributed by atoms with Gasteiger partial charge in [0, 0.05) is 0 Å². The maximum absolute atomic E-state index is 11.2. The molecule has 0 aromatic rings. The van der Waals surface area contributed by atoms with Gasteiger partial charge in [-0.1, -0.05) is 19.9 Å². The first-order valence-electron chi connectivity index (χ1n) is 4.07. The minimum atomic E-state index is -0.122. The average Bonchev–Trinajstić information content (AvgIpc) is 2.71. The minimum Gasteiger partial charge on any atom is -0.435 e. The molecule has 0 bridgehead atoms. The second-order valence-corrected chi connectivity index (χ2v) is 3.10. The summed E-state index contributed by atoms with van der Waals surface area (Å²) in [4.78, 5) is 11.2. The highest BCUT2D eigenvalue weighted by molar-refractivity contribution is 5.80. The number of hydrogen-bond donors (Lipinski definition) is 0. The van der Waals surface area contributed by atoms with Gasteiger partial charge in [0.25, 0.3) is 0 Å². The van der Waals surface area contributed by atoms with Crippen molar-refractivity contribution in [2.75, 3.05) is 0 Å². The van der Waals surface area contributed by atoms with Crippen LogP contribution < -0.4 is 0 Å². The molecule has 0 N–H and O–H groups in total. The van der Waals surface area contributed by atoms with Crippen LogP contribution in [-0.2, 0) is 9.53 Å². The summed E-state index contributed by atoms with van der Waals surface area (Å²) in [5.41, 5.74) is -0.122. The number of carbonyl (C=O) groups excluding carboxylic acids is 1. The van der Waals surface area contributed by atoms with E-state index in [9.17, 15) is 4.79 Å².